The second-order valence-corrected chi connectivity index (χ2v) is 7.71. The Morgan fingerprint density at radius 2 is 1.62 bits per heavy atom. The number of rotatable bonds is 5. The summed E-state index contributed by atoms with van der Waals surface area (Å²) >= 11 is 0. The van der Waals surface area contributed by atoms with Crippen molar-refractivity contribution in [3.05, 3.63) is 35.9 Å². The molecule has 2 N–H and O–H groups in total. The summed E-state index contributed by atoms with van der Waals surface area (Å²) in [5.74, 6) is 0.835. The fourth-order valence-corrected chi connectivity index (χ4v) is 4.17. The van der Waals surface area contributed by atoms with Crippen LogP contribution in [0.5, 0.6) is 0 Å². The molecule has 0 bridgehead atoms. The van der Waals surface area contributed by atoms with Gasteiger partial charge in [0.2, 0.25) is 11.8 Å². The average Bonchev–Trinajstić information content (AvgIpc) is 3.03. The van der Waals surface area contributed by atoms with Crippen molar-refractivity contribution in [3.63, 3.8) is 0 Å². The first-order chi connectivity index (χ1) is 12.6. The first-order valence-corrected chi connectivity index (χ1v) is 9.99. The van der Waals surface area contributed by atoms with Gasteiger partial charge >= 0.3 is 0 Å². The number of nitrogens with zero attached hydrogens (tertiary/aromatic N) is 2. The Bertz CT molecular complexity index is 599. The maximum Gasteiger partial charge on any atom is 0.239 e. The van der Waals surface area contributed by atoms with E-state index in [4.69, 9.17) is 5.73 Å². The van der Waals surface area contributed by atoms with Gasteiger partial charge in [0.1, 0.15) is 0 Å². The van der Waals surface area contributed by atoms with E-state index in [9.17, 15) is 9.59 Å². The fraction of sp³-hybridized carbons (Fsp3) is 0.619. The number of amides is 2. The highest BCUT2D eigenvalue weighted by molar-refractivity contribution is 5.82. The van der Waals surface area contributed by atoms with Crippen LogP contribution in [-0.2, 0) is 16.0 Å². The topological polar surface area (TPSA) is 66.6 Å². The molecule has 0 radical (unpaired) electrons. The van der Waals surface area contributed by atoms with Crippen molar-refractivity contribution < 1.29 is 9.59 Å². The van der Waals surface area contributed by atoms with Crippen LogP contribution in [0.25, 0.3) is 0 Å². The van der Waals surface area contributed by atoms with Crippen LogP contribution in [0.4, 0.5) is 0 Å². The van der Waals surface area contributed by atoms with Crippen molar-refractivity contribution in [2.75, 3.05) is 26.2 Å². The van der Waals surface area contributed by atoms with E-state index in [1.807, 2.05) is 40.1 Å². The molecule has 2 amide bonds. The lowest BCUT2D eigenvalue weighted by molar-refractivity contribution is -0.134. The van der Waals surface area contributed by atoms with Gasteiger partial charge in [-0.1, -0.05) is 43.2 Å². The third-order valence-corrected chi connectivity index (χ3v) is 5.71. The summed E-state index contributed by atoms with van der Waals surface area (Å²) in [5, 5.41) is 0. The highest BCUT2D eigenvalue weighted by Crippen LogP contribution is 2.28. The van der Waals surface area contributed by atoms with Crippen LogP contribution in [0.15, 0.2) is 30.3 Å². The number of hydrogen-bond acceptors (Lipinski definition) is 3. The van der Waals surface area contributed by atoms with Crippen molar-refractivity contribution in [2.24, 2.45) is 11.7 Å². The average molecular weight is 357 g/mol. The molecule has 1 aliphatic heterocycles. The predicted molar refractivity (Wildman–Crippen MR) is 102 cm³/mol. The summed E-state index contributed by atoms with van der Waals surface area (Å²) in [5.41, 5.74) is 7.24. The van der Waals surface area contributed by atoms with Gasteiger partial charge in [-0.2, -0.15) is 0 Å². The molecule has 1 aliphatic carbocycles. The number of benzene rings is 1. The monoisotopic (exact) mass is 357 g/mol. The Hall–Kier alpha value is -1.88. The summed E-state index contributed by atoms with van der Waals surface area (Å²) < 4.78 is 0. The largest absolute Gasteiger partial charge is 0.341 e. The Labute approximate surface area is 156 Å². The van der Waals surface area contributed by atoms with Crippen LogP contribution < -0.4 is 5.73 Å². The van der Waals surface area contributed by atoms with Gasteiger partial charge in [-0.05, 0) is 37.2 Å². The maximum absolute atomic E-state index is 12.7. The van der Waals surface area contributed by atoms with E-state index in [-0.39, 0.29) is 11.8 Å². The lowest BCUT2D eigenvalue weighted by atomic mass is 10.0. The second kappa shape index (κ2) is 9.17. The molecule has 2 aliphatic rings. The minimum atomic E-state index is -0.516. The van der Waals surface area contributed by atoms with Gasteiger partial charge in [0.05, 0.1) is 6.04 Å². The lowest BCUT2D eigenvalue weighted by Gasteiger charge is -2.25. The fourth-order valence-electron chi connectivity index (χ4n) is 4.17. The first kappa shape index (κ1) is 18.9. The maximum atomic E-state index is 12.7. The minimum Gasteiger partial charge on any atom is -0.341 e. The van der Waals surface area contributed by atoms with Gasteiger partial charge in [0.15, 0.2) is 0 Å². The van der Waals surface area contributed by atoms with Crippen molar-refractivity contribution >= 4 is 11.8 Å². The first-order valence-electron chi connectivity index (χ1n) is 9.99. The zero-order chi connectivity index (χ0) is 18.4. The molecular formula is C21H31N3O2. The molecule has 3 rings (SSSR count). The van der Waals surface area contributed by atoms with Crippen molar-refractivity contribution in [3.8, 4) is 0 Å². The van der Waals surface area contributed by atoms with Crippen LogP contribution in [0, 0.1) is 5.92 Å². The quantitative estimate of drug-likeness (QED) is 0.878. The lowest BCUT2D eigenvalue weighted by Crippen LogP contribution is -2.46. The van der Waals surface area contributed by atoms with Crippen molar-refractivity contribution in [1.29, 1.82) is 0 Å². The third kappa shape index (κ3) is 5.07. The standard InChI is InChI=1S/C21H31N3O2/c22-19(15-17-7-2-1-3-8-17)21(26)24-12-6-11-23(13-14-24)20(25)16-18-9-4-5-10-18/h1-3,7-8,18-19H,4-6,9-16,22H2/t19-/m0/s1. The summed E-state index contributed by atoms with van der Waals surface area (Å²) in [6.45, 7) is 2.67. The van der Waals surface area contributed by atoms with E-state index in [0.29, 0.717) is 38.4 Å². The number of carbonyl (C=O) groups excluding carboxylic acids is 2. The van der Waals surface area contributed by atoms with Crippen LogP contribution in [0.1, 0.15) is 44.1 Å². The number of carbonyl (C=O) groups is 2. The Kier molecular flexibility index (Phi) is 6.67. The molecule has 1 aromatic carbocycles. The number of nitrogens with two attached hydrogens (primary N) is 1. The molecule has 1 heterocycles. The third-order valence-electron chi connectivity index (χ3n) is 5.71. The normalized spacial score (nSPS) is 20.0. The Balaban J connectivity index is 1.49. The molecule has 5 heteroatoms. The molecule has 26 heavy (non-hydrogen) atoms. The van der Waals surface area contributed by atoms with Gasteiger partial charge in [0, 0.05) is 32.6 Å². The van der Waals surface area contributed by atoms with E-state index < -0.39 is 6.04 Å². The predicted octanol–water partition coefficient (Wildman–Crippen LogP) is 2.20. The molecular weight excluding hydrogens is 326 g/mol. The zero-order valence-corrected chi connectivity index (χ0v) is 15.6. The van der Waals surface area contributed by atoms with Gasteiger partial charge in [-0.25, -0.2) is 0 Å². The van der Waals surface area contributed by atoms with Gasteiger partial charge in [-0.15, -0.1) is 0 Å². The molecule has 0 unspecified atom stereocenters. The van der Waals surface area contributed by atoms with Gasteiger partial charge < -0.3 is 15.5 Å². The molecule has 0 aromatic heterocycles. The van der Waals surface area contributed by atoms with Crippen LogP contribution >= 0.6 is 0 Å². The van der Waals surface area contributed by atoms with E-state index >= 15 is 0 Å². The van der Waals surface area contributed by atoms with E-state index in [2.05, 4.69) is 0 Å². The van der Waals surface area contributed by atoms with E-state index in [1.54, 1.807) is 0 Å². The van der Waals surface area contributed by atoms with Crippen LogP contribution in [0.3, 0.4) is 0 Å². The summed E-state index contributed by atoms with van der Waals surface area (Å²) in [7, 11) is 0. The van der Waals surface area contributed by atoms with Gasteiger partial charge in [-0.3, -0.25) is 9.59 Å². The summed E-state index contributed by atoms with van der Waals surface area (Å²) in [6.07, 6.45) is 6.98. The molecule has 1 aromatic rings. The van der Waals surface area contributed by atoms with Crippen LogP contribution in [-0.4, -0.2) is 53.8 Å². The Morgan fingerprint density at radius 3 is 2.35 bits per heavy atom. The Morgan fingerprint density at radius 1 is 0.962 bits per heavy atom. The SMILES string of the molecule is N[C@@H](Cc1ccccc1)C(=O)N1CCCN(C(=O)CC2CCCC2)CC1. The zero-order valence-electron chi connectivity index (χ0n) is 15.6. The highest BCUT2D eigenvalue weighted by Gasteiger charge is 2.27. The molecule has 0 spiro atoms. The second-order valence-electron chi connectivity index (χ2n) is 7.71. The minimum absolute atomic E-state index is 0.000977. The van der Waals surface area contributed by atoms with E-state index in [0.717, 1.165) is 18.5 Å². The van der Waals surface area contributed by atoms with E-state index in [1.165, 1.54) is 25.7 Å². The smallest absolute Gasteiger partial charge is 0.239 e. The van der Waals surface area contributed by atoms with Crippen molar-refractivity contribution in [2.45, 2.75) is 51.0 Å². The van der Waals surface area contributed by atoms with Gasteiger partial charge in [0.25, 0.3) is 0 Å². The molecule has 1 saturated carbocycles. The highest BCUT2D eigenvalue weighted by atomic mass is 16.2. The molecule has 142 valence electrons. The summed E-state index contributed by atoms with van der Waals surface area (Å²) in [4.78, 5) is 29.1. The molecule has 1 saturated heterocycles. The summed E-state index contributed by atoms with van der Waals surface area (Å²) in [6, 6.07) is 9.37. The molecule has 5 nitrogen and oxygen atoms in total. The van der Waals surface area contributed by atoms with Crippen LogP contribution in [0.2, 0.25) is 0 Å². The molecule has 1 atom stereocenters. The molecule has 2 fully saturated rings. The number of hydrogen-bond donors (Lipinski definition) is 1. The van der Waals surface area contributed by atoms with Crippen molar-refractivity contribution in [1.82, 2.24) is 9.80 Å².